The van der Waals surface area contributed by atoms with E-state index in [4.69, 9.17) is 0 Å². The monoisotopic (exact) mass is 288 g/mol. The number of hydrogen-bond donors (Lipinski definition) is 2. The summed E-state index contributed by atoms with van der Waals surface area (Å²) in [6, 6.07) is 5.19. The van der Waals surface area contributed by atoms with Gasteiger partial charge in [-0.05, 0) is 31.9 Å². The molecule has 1 aliphatic heterocycles. The molecule has 0 radical (unpaired) electrons. The van der Waals surface area contributed by atoms with Crippen molar-refractivity contribution in [3.05, 3.63) is 24.3 Å². The van der Waals surface area contributed by atoms with Crippen molar-refractivity contribution >= 4 is 11.6 Å². The number of carbonyl (C=O) groups excluding carboxylic acids is 1. The van der Waals surface area contributed by atoms with E-state index >= 15 is 0 Å². The first kappa shape index (κ1) is 14.6. The smallest absolute Gasteiger partial charge is 0.406 e. The third-order valence-electron chi connectivity index (χ3n) is 3.03. The van der Waals surface area contributed by atoms with Crippen LogP contribution in [0, 0.1) is 0 Å². The summed E-state index contributed by atoms with van der Waals surface area (Å²) in [5.41, 5.74) is 0.276. The molecule has 1 aliphatic rings. The number of amides is 1. The first-order valence-electron chi connectivity index (χ1n) is 6.26. The van der Waals surface area contributed by atoms with Gasteiger partial charge in [-0.25, -0.2) is 0 Å². The largest absolute Gasteiger partial charge is 0.573 e. The molecule has 0 bridgehead atoms. The van der Waals surface area contributed by atoms with Gasteiger partial charge in [-0.3, -0.25) is 4.79 Å². The molecule has 1 amide bonds. The highest BCUT2D eigenvalue weighted by molar-refractivity contribution is 5.95. The summed E-state index contributed by atoms with van der Waals surface area (Å²) in [6.45, 7) is 1.98. The molecule has 1 saturated heterocycles. The van der Waals surface area contributed by atoms with E-state index in [-0.39, 0.29) is 29.4 Å². The zero-order chi connectivity index (χ0) is 14.8. The highest BCUT2D eigenvalue weighted by atomic mass is 19.4. The van der Waals surface area contributed by atoms with Crippen LogP contribution in [0.2, 0.25) is 0 Å². The van der Waals surface area contributed by atoms with Crippen LogP contribution in [0.4, 0.5) is 18.9 Å². The minimum atomic E-state index is -4.74. The highest BCUT2D eigenvalue weighted by Crippen LogP contribution is 2.25. The summed E-state index contributed by atoms with van der Waals surface area (Å²) in [4.78, 5) is 11.9. The van der Waals surface area contributed by atoms with Crippen LogP contribution in [-0.2, 0) is 4.79 Å². The molecule has 1 aromatic rings. The molecule has 0 aromatic heterocycles. The van der Waals surface area contributed by atoms with Crippen LogP contribution in [-0.4, -0.2) is 24.4 Å². The van der Waals surface area contributed by atoms with E-state index in [9.17, 15) is 18.0 Å². The molecule has 2 N–H and O–H groups in total. The molecule has 0 aliphatic carbocycles. The van der Waals surface area contributed by atoms with Crippen LogP contribution in [0.15, 0.2) is 24.3 Å². The number of anilines is 1. The standard InChI is InChI=1S/C13H15F3N2O2/c1-8-5-6-11(17-8)12(19)18-9-3-2-4-10(7-9)20-13(14,15)16/h2-4,7-8,11,17H,5-6H2,1H3,(H,18,19)/t8-,11+/m1/s1. The first-order valence-corrected chi connectivity index (χ1v) is 6.26. The molecule has 1 heterocycles. The van der Waals surface area contributed by atoms with Gasteiger partial charge in [0.05, 0.1) is 6.04 Å². The quantitative estimate of drug-likeness (QED) is 0.899. The van der Waals surface area contributed by atoms with Gasteiger partial charge in [-0.1, -0.05) is 6.07 Å². The van der Waals surface area contributed by atoms with Gasteiger partial charge in [0.15, 0.2) is 0 Å². The van der Waals surface area contributed by atoms with E-state index in [1.807, 2.05) is 6.92 Å². The van der Waals surface area contributed by atoms with Gasteiger partial charge in [0.25, 0.3) is 0 Å². The maximum absolute atomic E-state index is 12.1. The third-order valence-corrected chi connectivity index (χ3v) is 3.03. The fourth-order valence-corrected chi connectivity index (χ4v) is 2.13. The number of rotatable bonds is 3. The van der Waals surface area contributed by atoms with Crippen molar-refractivity contribution in [2.45, 2.75) is 38.2 Å². The Hall–Kier alpha value is -1.76. The fourth-order valence-electron chi connectivity index (χ4n) is 2.13. The summed E-state index contributed by atoms with van der Waals surface area (Å²) >= 11 is 0. The van der Waals surface area contributed by atoms with Crippen molar-refractivity contribution in [2.75, 3.05) is 5.32 Å². The molecular weight excluding hydrogens is 273 g/mol. The molecule has 2 rings (SSSR count). The average molecular weight is 288 g/mol. The van der Waals surface area contributed by atoms with E-state index < -0.39 is 6.36 Å². The van der Waals surface area contributed by atoms with Crippen molar-refractivity contribution in [3.63, 3.8) is 0 Å². The van der Waals surface area contributed by atoms with E-state index in [0.29, 0.717) is 6.42 Å². The first-order chi connectivity index (χ1) is 9.33. The average Bonchev–Trinajstić information content (AvgIpc) is 2.74. The third kappa shape index (κ3) is 4.12. The number of carbonyl (C=O) groups is 1. The summed E-state index contributed by atoms with van der Waals surface area (Å²) < 4.78 is 40.1. The molecule has 0 saturated carbocycles. The Bertz CT molecular complexity index is 491. The lowest BCUT2D eigenvalue weighted by atomic mass is 10.2. The van der Waals surface area contributed by atoms with Gasteiger partial charge >= 0.3 is 6.36 Å². The number of halogens is 3. The molecule has 7 heteroatoms. The van der Waals surface area contributed by atoms with Crippen LogP contribution in [0.3, 0.4) is 0 Å². The van der Waals surface area contributed by atoms with Gasteiger partial charge in [0, 0.05) is 17.8 Å². The van der Waals surface area contributed by atoms with E-state index in [0.717, 1.165) is 12.5 Å². The number of hydrogen-bond acceptors (Lipinski definition) is 3. The van der Waals surface area contributed by atoms with Crippen molar-refractivity contribution in [3.8, 4) is 5.75 Å². The fraction of sp³-hybridized carbons (Fsp3) is 0.462. The molecule has 20 heavy (non-hydrogen) atoms. The zero-order valence-electron chi connectivity index (χ0n) is 10.8. The Morgan fingerprint density at radius 1 is 1.40 bits per heavy atom. The van der Waals surface area contributed by atoms with Crippen LogP contribution >= 0.6 is 0 Å². The Balaban J connectivity index is 1.99. The second kappa shape index (κ2) is 5.70. The highest BCUT2D eigenvalue weighted by Gasteiger charge is 2.31. The Morgan fingerprint density at radius 2 is 2.15 bits per heavy atom. The van der Waals surface area contributed by atoms with Gasteiger partial charge in [-0.15, -0.1) is 13.2 Å². The molecule has 2 atom stereocenters. The maximum Gasteiger partial charge on any atom is 0.573 e. The Kier molecular flexibility index (Phi) is 4.17. The Morgan fingerprint density at radius 3 is 2.75 bits per heavy atom. The Labute approximate surface area is 114 Å². The molecule has 1 fully saturated rings. The molecule has 110 valence electrons. The van der Waals surface area contributed by atoms with E-state index in [2.05, 4.69) is 15.4 Å². The van der Waals surface area contributed by atoms with Crippen LogP contribution in [0.1, 0.15) is 19.8 Å². The predicted molar refractivity (Wildman–Crippen MR) is 67.4 cm³/mol. The normalized spacial score (nSPS) is 22.6. The maximum atomic E-state index is 12.1. The summed E-state index contributed by atoms with van der Waals surface area (Å²) in [5, 5.41) is 5.69. The molecule has 1 aromatic carbocycles. The van der Waals surface area contributed by atoms with Gasteiger partial charge in [-0.2, -0.15) is 0 Å². The zero-order valence-corrected chi connectivity index (χ0v) is 10.8. The lowest BCUT2D eigenvalue weighted by Gasteiger charge is -2.14. The van der Waals surface area contributed by atoms with Gasteiger partial charge in [0.2, 0.25) is 5.91 Å². The van der Waals surface area contributed by atoms with Crippen molar-refractivity contribution in [1.29, 1.82) is 0 Å². The molecule has 4 nitrogen and oxygen atoms in total. The number of benzene rings is 1. The minimum Gasteiger partial charge on any atom is -0.406 e. The van der Waals surface area contributed by atoms with Crippen LogP contribution < -0.4 is 15.4 Å². The SMILES string of the molecule is C[C@@H]1CC[C@@H](C(=O)Nc2cccc(OC(F)(F)F)c2)N1. The predicted octanol–water partition coefficient (Wildman–Crippen LogP) is 2.66. The molecule has 0 unspecified atom stereocenters. The summed E-state index contributed by atoms with van der Waals surface area (Å²) in [5.74, 6) is -0.610. The topological polar surface area (TPSA) is 50.4 Å². The van der Waals surface area contributed by atoms with Crippen LogP contribution in [0.25, 0.3) is 0 Å². The van der Waals surface area contributed by atoms with Gasteiger partial charge < -0.3 is 15.4 Å². The second-order valence-corrected chi connectivity index (χ2v) is 4.76. The lowest BCUT2D eigenvalue weighted by molar-refractivity contribution is -0.274. The molecule has 0 spiro atoms. The van der Waals surface area contributed by atoms with E-state index in [1.54, 1.807) is 0 Å². The van der Waals surface area contributed by atoms with Crippen LogP contribution in [0.5, 0.6) is 5.75 Å². The van der Waals surface area contributed by atoms with Crippen molar-refractivity contribution in [2.24, 2.45) is 0 Å². The van der Waals surface area contributed by atoms with E-state index in [1.165, 1.54) is 18.2 Å². The number of ether oxygens (including phenoxy) is 1. The van der Waals surface area contributed by atoms with Gasteiger partial charge in [0.1, 0.15) is 5.75 Å². The lowest BCUT2D eigenvalue weighted by Crippen LogP contribution is -2.38. The second-order valence-electron chi connectivity index (χ2n) is 4.76. The number of nitrogens with one attached hydrogen (secondary N) is 2. The van der Waals surface area contributed by atoms with Crippen molar-refractivity contribution < 1.29 is 22.7 Å². The van der Waals surface area contributed by atoms with Crippen molar-refractivity contribution in [1.82, 2.24) is 5.32 Å². The summed E-state index contributed by atoms with van der Waals surface area (Å²) in [6.07, 6.45) is -3.13. The molecular formula is C13H15F3N2O2. The number of alkyl halides is 3. The minimum absolute atomic E-state index is 0.251. The summed E-state index contributed by atoms with van der Waals surface area (Å²) in [7, 11) is 0.